The number of aliphatic hydroxyl groups excluding tert-OH is 1. The minimum absolute atomic E-state index is 0.135. The lowest BCUT2D eigenvalue weighted by atomic mass is 10.1. The molecule has 0 heterocycles. The maximum Gasteiger partial charge on any atom is 0.293 e. The maximum absolute atomic E-state index is 12.9. The smallest absolute Gasteiger partial charge is 0.293 e. The van der Waals surface area contributed by atoms with Crippen molar-refractivity contribution in [2.75, 3.05) is 16.6 Å². The van der Waals surface area contributed by atoms with Gasteiger partial charge in [0, 0.05) is 6.07 Å². The second kappa shape index (κ2) is 9.80. The number of aliphatic hydroxyl groups is 1. The van der Waals surface area contributed by atoms with Gasteiger partial charge in [-0.3, -0.25) is 14.8 Å². The van der Waals surface area contributed by atoms with Gasteiger partial charge >= 0.3 is 0 Å². The molecule has 3 aromatic rings. The van der Waals surface area contributed by atoms with Gasteiger partial charge in [-0.05, 0) is 49.6 Å². The van der Waals surface area contributed by atoms with Gasteiger partial charge in [0.2, 0.25) is 0 Å². The quantitative estimate of drug-likeness (QED) is 0.331. The van der Waals surface area contributed by atoms with Gasteiger partial charge in [-0.1, -0.05) is 48.0 Å². The Morgan fingerprint density at radius 1 is 1.00 bits per heavy atom. The van der Waals surface area contributed by atoms with Gasteiger partial charge in [0.25, 0.3) is 15.7 Å². The number of sulfonamides is 1. The zero-order valence-electron chi connectivity index (χ0n) is 17.8. The van der Waals surface area contributed by atoms with E-state index < -0.39 is 21.0 Å². The highest BCUT2D eigenvalue weighted by molar-refractivity contribution is 7.92. The molecule has 0 saturated carbocycles. The molecule has 0 aromatic heterocycles. The van der Waals surface area contributed by atoms with Crippen molar-refractivity contribution in [3.05, 3.63) is 93.5 Å². The van der Waals surface area contributed by atoms with Crippen molar-refractivity contribution >= 4 is 27.1 Å². The number of rotatable bonds is 9. The van der Waals surface area contributed by atoms with Crippen LogP contribution in [0.25, 0.3) is 0 Å². The standard InChI is InChI=1S/C23H25N3O5S/c1-16-8-10-21(17(2)12-16)25-32(30,31)20-9-11-22(23(14-20)26(28)29)24-19(15-27)13-18-6-4-3-5-7-18/h3-12,14,19,24-25,27H,13,15H2,1-2H3/t19-/m0/s1. The van der Waals surface area contributed by atoms with Crippen molar-refractivity contribution in [1.82, 2.24) is 0 Å². The van der Waals surface area contributed by atoms with Crippen LogP contribution in [0.15, 0.2) is 71.6 Å². The van der Waals surface area contributed by atoms with Crippen molar-refractivity contribution in [3.8, 4) is 0 Å². The Morgan fingerprint density at radius 2 is 1.69 bits per heavy atom. The predicted octanol–water partition coefficient (Wildman–Crippen LogP) is 4.03. The molecule has 32 heavy (non-hydrogen) atoms. The Bertz CT molecular complexity index is 1210. The van der Waals surface area contributed by atoms with Crippen LogP contribution in [0, 0.1) is 24.0 Å². The van der Waals surface area contributed by atoms with E-state index in [1.807, 2.05) is 43.3 Å². The Morgan fingerprint density at radius 3 is 2.31 bits per heavy atom. The highest BCUT2D eigenvalue weighted by Gasteiger charge is 2.23. The van der Waals surface area contributed by atoms with Crippen molar-refractivity contribution in [2.24, 2.45) is 0 Å². The highest BCUT2D eigenvalue weighted by atomic mass is 32.2. The summed E-state index contributed by atoms with van der Waals surface area (Å²) in [6, 6.07) is 17.9. The predicted molar refractivity (Wildman–Crippen MR) is 124 cm³/mol. The summed E-state index contributed by atoms with van der Waals surface area (Å²) in [5.41, 5.74) is 2.84. The van der Waals surface area contributed by atoms with Crippen LogP contribution >= 0.6 is 0 Å². The van der Waals surface area contributed by atoms with E-state index in [4.69, 9.17) is 0 Å². The highest BCUT2D eigenvalue weighted by Crippen LogP contribution is 2.30. The van der Waals surface area contributed by atoms with Gasteiger partial charge < -0.3 is 10.4 Å². The van der Waals surface area contributed by atoms with E-state index in [2.05, 4.69) is 10.0 Å². The molecule has 0 fully saturated rings. The molecule has 0 aliphatic rings. The number of anilines is 2. The van der Waals surface area contributed by atoms with E-state index in [0.717, 1.165) is 22.8 Å². The lowest BCUT2D eigenvalue weighted by molar-refractivity contribution is -0.384. The van der Waals surface area contributed by atoms with Gasteiger partial charge in [0.1, 0.15) is 5.69 Å². The molecule has 0 unspecified atom stereocenters. The van der Waals surface area contributed by atoms with E-state index in [-0.39, 0.29) is 22.9 Å². The number of aryl methyl sites for hydroxylation is 2. The average Bonchev–Trinajstić information content (AvgIpc) is 2.76. The summed E-state index contributed by atoms with van der Waals surface area (Å²) in [6.07, 6.45) is 0.447. The molecule has 1 atom stereocenters. The summed E-state index contributed by atoms with van der Waals surface area (Å²) in [7, 11) is -4.04. The topological polar surface area (TPSA) is 122 Å². The molecule has 0 bridgehead atoms. The van der Waals surface area contributed by atoms with E-state index in [9.17, 15) is 23.6 Å². The van der Waals surface area contributed by atoms with Crippen LogP contribution in [0.1, 0.15) is 16.7 Å². The Labute approximate surface area is 187 Å². The first kappa shape index (κ1) is 23.2. The summed E-state index contributed by atoms with van der Waals surface area (Å²) < 4.78 is 28.2. The number of nitro groups is 1. The van der Waals surface area contributed by atoms with E-state index in [1.165, 1.54) is 12.1 Å². The molecule has 0 aliphatic heterocycles. The molecular weight excluding hydrogens is 430 g/mol. The van der Waals surface area contributed by atoms with Crippen LogP contribution in [0.4, 0.5) is 17.1 Å². The van der Waals surface area contributed by atoms with Gasteiger partial charge in [-0.2, -0.15) is 0 Å². The zero-order chi connectivity index (χ0) is 23.3. The minimum Gasteiger partial charge on any atom is -0.394 e. The summed E-state index contributed by atoms with van der Waals surface area (Å²) in [4.78, 5) is 10.8. The van der Waals surface area contributed by atoms with E-state index in [0.29, 0.717) is 12.1 Å². The molecular formula is C23H25N3O5S. The fourth-order valence-electron chi connectivity index (χ4n) is 3.36. The zero-order valence-corrected chi connectivity index (χ0v) is 18.6. The first-order valence-electron chi connectivity index (χ1n) is 9.99. The van der Waals surface area contributed by atoms with Crippen LogP contribution < -0.4 is 10.0 Å². The molecule has 168 valence electrons. The van der Waals surface area contributed by atoms with Crippen LogP contribution in [0.3, 0.4) is 0 Å². The molecule has 0 saturated heterocycles. The Balaban J connectivity index is 1.87. The van der Waals surface area contributed by atoms with Crippen molar-refractivity contribution in [1.29, 1.82) is 0 Å². The summed E-state index contributed by atoms with van der Waals surface area (Å²) in [5.74, 6) is 0. The van der Waals surface area contributed by atoms with Crippen molar-refractivity contribution in [3.63, 3.8) is 0 Å². The van der Waals surface area contributed by atoms with Crippen LogP contribution in [-0.4, -0.2) is 31.1 Å². The fraction of sp³-hybridized carbons (Fsp3) is 0.217. The Hall–Kier alpha value is -3.43. The van der Waals surface area contributed by atoms with Gasteiger partial charge in [0.05, 0.1) is 28.2 Å². The molecule has 0 spiro atoms. The molecule has 3 rings (SSSR count). The first-order valence-corrected chi connectivity index (χ1v) is 11.5. The number of nitrogens with one attached hydrogen (secondary N) is 2. The monoisotopic (exact) mass is 455 g/mol. The summed E-state index contributed by atoms with van der Waals surface area (Å²) in [6.45, 7) is 3.43. The van der Waals surface area contributed by atoms with Gasteiger partial charge in [0.15, 0.2) is 0 Å². The number of hydrogen-bond donors (Lipinski definition) is 3. The molecule has 9 heteroatoms. The van der Waals surface area contributed by atoms with Crippen LogP contribution in [-0.2, 0) is 16.4 Å². The summed E-state index contributed by atoms with van der Waals surface area (Å²) >= 11 is 0. The molecule has 0 radical (unpaired) electrons. The number of benzene rings is 3. The molecule has 0 amide bonds. The third-order valence-electron chi connectivity index (χ3n) is 5.01. The average molecular weight is 456 g/mol. The fourth-order valence-corrected chi connectivity index (χ4v) is 4.51. The van der Waals surface area contributed by atoms with Gasteiger partial charge in [-0.25, -0.2) is 8.42 Å². The number of nitrogens with zero attached hydrogens (tertiary/aromatic N) is 1. The molecule has 3 N–H and O–H groups in total. The number of hydrogen-bond acceptors (Lipinski definition) is 6. The SMILES string of the molecule is Cc1ccc(NS(=O)(=O)c2ccc(N[C@H](CO)Cc3ccccc3)c([N+](=O)[O-])c2)c(C)c1. The number of nitro benzene ring substituents is 1. The second-order valence-electron chi connectivity index (χ2n) is 7.57. The normalized spacial score (nSPS) is 12.2. The van der Waals surface area contributed by atoms with E-state index in [1.54, 1.807) is 19.1 Å². The van der Waals surface area contributed by atoms with Crippen LogP contribution in [0.5, 0.6) is 0 Å². The molecule has 0 aliphatic carbocycles. The maximum atomic E-state index is 12.9. The van der Waals surface area contributed by atoms with Gasteiger partial charge in [-0.15, -0.1) is 0 Å². The van der Waals surface area contributed by atoms with Crippen molar-refractivity contribution < 1.29 is 18.4 Å². The molecule has 8 nitrogen and oxygen atoms in total. The largest absolute Gasteiger partial charge is 0.394 e. The lowest BCUT2D eigenvalue weighted by Gasteiger charge is -2.18. The summed E-state index contributed by atoms with van der Waals surface area (Å²) in [5, 5.41) is 24.4. The third kappa shape index (κ3) is 5.63. The van der Waals surface area contributed by atoms with E-state index >= 15 is 0 Å². The van der Waals surface area contributed by atoms with Crippen molar-refractivity contribution in [2.45, 2.75) is 31.2 Å². The third-order valence-corrected chi connectivity index (χ3v) is 6.37. The van der Waals surface area contributed by atoms with Crippen LogP contribution in [0.2, 0.25) is 0 Å². The second-order valence-corrected chi connectivity index (χ2v) is 9.26. The lowest BCUT2D eigenvalue weighted by Crippen LogP contribution is -2.26. The molecule has 3 aromatic carbocycles. The minimum atomic E-state index is -4.04. The first-order chi connectivity index (χ1) is 15.2. The Kier molecular flexibility index (Phi) is 7.12.